The minimum Gasteiger partial charge on any atom is -0.769 e. The molecule has 0 aliphatic rings. The van der Waals surface area contributed by atoms with Crippen LogP contribution >= 0.6 is 15.2 Å². The van der Waals surface area contributed by atoms with E-state index in [0.29, 0.717) is 24.3 Å². The van der Waals surface area contributed by atoms with Gasteiger partial charge in [-0.2, -0.15) is 0 Å². The van der Waals surface area contributed by atoms with E-state index in [-0.39, 0.29) is 31.8 Å². The van der Waals surface area contributed by atoms with Gasteiger partial charge < -0.3 is 18.8 Å². The molecule has 2 atom stereocenters. The smallest absolute Gasteiger partial charge is 0.769 e. The molecule has 0 N–H and O–H groups in total. The summed E-state index contributed by atoms with van der Waals surface area (Å²) >= 11 is 0. The normalized spacial score (nSPS) is 14.4. The van der Waals surface area contributed by atoms with E-state index in [2.05, 4.69) is 0 Å². The molecule has 2 aromatic rings. The van der Waals surface area contributed by atoms with Gasteiger partial charge in [-0.25, -0.2) is 0 Å². The first-order valence-electron chi connectivity index (χ1n) is 8.37. The van der Waals surface area contributed by atoms with Crippen LogP contribution < -0.4 is 18.8 Å². The first kappa shape index (κ1) is 26.0. The number of rotatable bonds is 8. The molecule has 2 aromatic carbocycles. The van der Waals surface area contributed by atoms with Gasteiger partial charge in [0.05, 0.1) is 0 Å². The van der Waals surface area contributed by atoms with Crippen molar-refractivity contribution < 1.29 is 47.4 Å². The molecule has 27 heavy (non-hydrogen) atoms. The molecule has 2 unspecified atom stereocenters. The fourth-order valence-corrected chi connectivity index (χ4v) is 4.09. The molecule has 0 spiro atoms. The van der Waals surface area contributed by atoms with Gasteiger partial charge in [0.1, 0.15) is 11.5 Å². The van der Waals surface area contributed by atoms with E-state index < -0.39 is 15.2 Å². The molecule has 0 radical (unpaired) electrons. The van der Waals surface area contributed by atoms with Crippen LogP contribution in [0.5, 0.6) is 11.5 Å². The van der Waals surface area contributed by atoms with Crippen molar-refractivity contribution in [3.63, 3.8) is 0 Å². The zero-order chi connectivity index (χ0) is 19.5. The molecule has 0 aromatic heterocycles. The van der Waals surface area contributed by atoms with Crippen LogP contribution in [0.3, 0.4) is 0 Å². The number of hydrogen-bond acceptors (Lipinski definition) is 6. The predicted octanol–water partition coefficient (Wildman–Crippen LogP) is 4.06. The summed E-state index contributed by atoms with van der Waals surface area (Å²) in [6.07, 6.45) is 1.32. The van der Waals surface area contributed by atoms with E-state index in [9.17, 15) is 18.9 Å². The van der Waals surface area contributed by atoms with Gasteiger partial charge in [-0.3, -0.25) is 9.13 Å². The summed E-state index contributed by atoms with van der Waals surface area (Å²) in [5.41, 5.74) is 0. The maximum Gasteiger partial charge on any atom is 2.00 e. The maximum absolute atomic E-state index is 11.2. The number of benzene rings is 2. The third-order valence-corrected chi connectivity index (χ3v) is 5.94. The molecule has 0 fully saturated rings. The summed E-state index contributed by atoms with van der Waals surface area (Å²) in [7, 11) is -7.33. The predicted molar refractivity (Wildman–Crippen MR) is 99.7 cm³/mol. The standard InChI is InChI=1S/2C9H13O3P.Zn/c2*1-2-8-13(10,11)12-9-6-4-3-5-7-9;/h2*3-7H,2,8H2,1H3,(H,10,11);/q;;+2/p-2. The van der Waals surface area contributed by atoms with Crippen molar-refractivity contribution in [3.05, 3.63) is 60.7 Å². The largest absolute Gasteiger partial charge is 2.00 e. The first-order chi connectivity index (χ1) is 12.3. The molecular weight excluding hydrogens is 440 g/mol. The molecule has 2 rings (SSSR count). The van der Waals surface area contributed by atoms with Crippen molar-refractivity contribution in [2.45, 2.75) is 26.7 Å². The van der Waals surface area contributed by atoms with Gasteiger partial charge >= 0.3 is 19.5 Å². The molecule has 0 aliphatic carbocycles. The molecule has 9 heteroatoms. The summed E-state index contributed by atoms with van der Waals surface area (Å²) in [5, 5.41) is 0. The third-order valence-electron chi connectivity index (χ3n) is 2.97. The Morgan fingerprint density at radius 3 is 1.26 bits per heavy atom. The Kier molecular flexibility index (Phi) is 12.8. The summed E-state index contributed by atoms with van der Waals surface area (Å²) in [6, 6.07) is 17.1. The van der Waals surface area contributed by atoms with E-state index in [0.717, 1.165) is 0 Å². The fourth-order valence-electron chi connectivity index (χ4n) is 1.92. The zero-order valence-corrected chi connectivity index (χ0v) is 20.4. The average molecular weight is 464 g/mol. The SMILES string of the molecule is CCCP(=O)([O-])Oc1ccccc1.CCCP(=O)([O-])Oc1ccccc1.[Zn+2]. The second-order valence-corrected chi connectivity index (χ2v) is 9.18. The van der Waals surface area contributed by atoms with Crippen LogP contribution in [-0.2, 0) is 28.6 Å². The van der Waals surface area contributed by atoms with E-state index in [4.69, 9.17) is 9.05 Å². The van der Waals surface area contributed by atoms with Gasteiger partial charge in [0.15, 0.2) is 15.2 Å². The quantitative estimate of drug-likeness (QED) is 0.432. The third kappa shape index (κ3) is 12.2. The van der Waals surface area contributed by atoms with Crippen LogP contribution in [0.4, 0.5) is 0 Å². The van der Waals surface area contributed by atoms with Crippen LogP contribution in [-0.4, -0.2) is 12.3 Å². The molecule has 0 amide bonds. The Morgan fingerprint density at radius 1 is 0.704 bits per heavy atom. The van der Waals surface area contributed by atoms with Crippen LogP contribution in [0.2, 0.25) is 0 Å². The molecule has 0 saturated heterocycles. The molecule has 0 heterocycles. The summed E-state index contributed by atoms with van der Waals surface area (Å²) in [5.74, 6) is 0.767. The van der Waals surface area contributed by atoms with Crippen molar-refractivity contribution in [1.29, 1.82) is 0 Å². The Labute approximate surface area is 173 Å². The molecular formula is C18H24O6P2Zn. The minimum atomic E-state index is -3.66. The van der Waals surface area contributed by atoms with Gasteiger partial charge in [0.25, 0.3) is 0 Å². The molecule has 0 aliphatic heterocycles. The zero-order valence-electron chi connectivity index (χ0n) is 15.7. The fraction of sp³-hybridized carbons (Fsp3) is 0.333. The molecule has 6 nitrogen and oxygen atoms in total. The second kappa shape index (κ2) is 13.3. The van der Waals surface area contributed by atoms with Crippen molar-refractivity contribution >= 4 is 15.2 Å². The summed E-state index contributed by atoms with van der Waals surface area (Å²) in [4.78, 5) is 22.4. The van der Waals surface area contributed by atoms with Crippen molar-refractivity contribution in [1.82, 2.24) is 0 Å². The van der Waals surface area contributed by atoms with Crippen LogP contribution in [0.15, 0.2) is 60.7 Å². The Hall–Kier alpha value is -0.957. The molecule has 0 bridgehead atoms. The minimum absolute atomic E-state index is 0. The Balaban J connectivity index is 0.000000483. The van der Waals surface area contributed by atoms with E-state index >= 15 is 0 Å². The number of hydrogen-bond donors (Lipinski definition) is 0. The van der Waals surface area contributed by atoms with E-state index in [1.54, 1.807) is 62.4 Å². The van der Waals surface area contributed by atoms with Gasteiger partial charge in [0, 0.05) is 12.3 Å². The summed E-state index contributed by atoms with van der Waals surface area (Å²) in [6.45, 7) is 3.61. The van der Waals surface area contributed by atoms with E-state index in [1.807, 2.05) is 12.1 Å². The van der Waals surface area contributed by atoms with E-state index in [1.165, 1.54) is 0 Å². The van der Waals surface area contributed by atoms with Crippen molar-refractivity contribution in [3.8, 4) is 11.5 Å². The maximum atomic E-state index is 11.2. The van der Waals surface area contributed by atoms with Crippen LogP contribution in [0.25, 0.3) is 0 Å². The van der Waals surface area contributed by atoms with Crippen molar-refractivity contribution in [2.75, 3.05) is 12.3 Å². The van der Waals surface area contributed by atoms with Gasteiger partial charge in [-0.05, 0) is 37.1 Å². The Bertz CT molecular complexity index is 664. The van der Waals surface area contributed by atoms with Crippen LogP contribution in [0.1, 0.15) is 26.7 Å². The monoisotopic (exact) mass is 462 g/mol. The van der Waals surface area contributed by atoms with Crippen LogP contribution in [0, 0.1) is 0 Å². The Morgan fingerprint density at radius 2 is 1.00 bits per heavy atom. The molecule has 144 valence electrons. The van der Waals surface area contributed by atoms with Gasteiger partial charge in [0.2, 0.25) is 0 Å². The average Bonchev–Trinajstić information content (AvgIpc) is 2.56. The second-order valence-electron chi connectivity index (χ2n) is 5.48. The van der Waals surface area contributed by atoms with Crippen molar-refractivity contribution in [2.24, 2.45) is 0 Å². The van der Waals surface area contributed by atoms with Gasteiger partial charge in [-0.1, -0.05) is 50.2 Å². The summed E-state index contributed by atoms with van der Waals surface area (Å²) < 4.78 is 32.1. The molecule has 0 saturated carbocycles. The topological polar surface area (TPSA) is 98.7 Å². The first-order valence-corrected chi connectivity index (χ1v) is 11.8. The van der Waals surface area contributed by atoms with Gasteiger partial charge in [-0.15, -0.1) is 0 Å². The number of para-hydroxylation sites is 2.